The summed E-state index contributed by atoms with van der Waals surface area (Å²) in [6, 6.07) is 5.66. The predicted octanol–water partition coefficient (Wildman–Crippen LogP) is 2.52. The van der Waals surface area contributed by atoms with Crippen LogP contribution in [0.15, 0.2) is 41.1 Å². The van der Waals surface area contributed by atoms with Crippen LogP contribution in [0.4, 0.5) is 0 Å². The largest absolute Gasteiger partial charge is 0.386 e. The molecule has 28 heavy (non-hydrogen) atoms. The molecule has 4 rings (SSSR count). The molecule has 2 aliphatic rings. The summed E-state index contributed by atoms with van der Waals surface area (Å²) < 4.78 is 0. The second-order valence-corrected chi connectivity index (χ2v) is 8.21. The first-order chi connectivity index (χ1) is 13.6. The highest BCUT2D eigenvalue weighted by Gasteiger charge is 2.45. The van der Waals surface area contributed by atoms with Crippen LogP contribution in [0.1, 0.15) is 40.1 Å². The Labute approximate surface area is 167 Å². The number of hydrogen-bond acceptors (Lipinski definition) is 6. The number of nitrogens with one attached hydrogen (secondary N) is 1. The number of carbonyl (C=O) groups excluding carboxylic acids is 2. The van der Waals surface area contributed by atoms with E-state index in [1.807, 2.05) is 35.4 Å². The van der Waals surface area contributed by atoms with Crippen LogP contribution in [-0.2, 0) is 16.2 Å². The number of likely N-dealkylation sites (tertiary alicyclic amines) is 1. The molecule has 0 aliphatic carbocycles. The SMILES string of the molecule is Cc1ccsc1C(=O)N1CCCC2(CC(C(=O)NCc3ccncc3)=NO2)C1. The van der Waals surface area contributed by atoms with Gasteiger partial charge in [0.15, 0.2) is 5.60 Å². The van der Waals surface area contributed by atoms with Gasteiger partial charge in [0.1, 0.15) is 5.71 Å². The lowest BCUT2D eigenvalue weighted by atomic mass is 9.88. The van der Waals surface area contributed by atoms with Gasteiger partial charge in [0, 0.05) is 31.9 Å². The van der Waals surface area contributed by atoms with Crippen LogP contribution < -0.4 is 5.32 Å². The number of aryl methyl sites for hydroxylation is 1. The van der Waals surface area contributed by atoms with Gasteiger partial charge < -0.3 is 15.1 Å². The maximum atomic E-state index is 12.9. The van der Waals surface area contributed by atoms with Crippen LogP contribution in [0.2, 0.25) is 0 Å². The fourth-order valence-electron chi connectivity index (χ4n) is 3.65. The number of nitrogens with zero attached hydrogens (tertiary/aromatic N) is 3. The van der Waals surface area contributed by atoms with Crippen LogP contribution in [-0.4, -0.2) is 46.1 Å². The number of pyridine rings is 1. The van der Waals surface area contributed by atoms with E-state index in [2.05, 4.69) is 15.5 Å². The van der Waals surface area contributed by atoms with Crippen LogP contribution in [0, 0.1) is 6.92 Å². The van der Waals surface area contributed by atoms with Crippen molar-refractivity contribution in [2.75, 3.05) is 13.1 Å². The van der Waals surface area contributed by atoms with Crippen LogP contribution in [0.5, 0.6) is 0 Å². The first-order valence-electron chi connectivity index (χ1n) is 9.32. The molecule has 1 fully saturated rings. The van der Waals surface area contributed by atoms with E-state index in [1.54, 1.807) is 12.4 Å². The van der Waals surface area contributed by atoms with Crippen molar-refractivity contribution in [2.24, 2.45) is 5.16 Å². The Morgan fingerprint density at radius 1 is 1.32 bits per heavy atom. The molecule has 2 amide bonds. The second kappa shape index (κ2) is 7.71. The van der Waals surface area contributed by atoms with E-state index in [9.17, 15) is 9.59 Å². The first-order valence-corrected chi connectivity index (χ1v) is 10.2. The van der Waals surface area contributed by atoms with Crippen LogP contribution in [0.3, 0.4) is 0 Å². The van der Waals surface area contributed by atoms with Crippen molar-refractivity contribution >= 4 is 28.9 Å². The third-order valence-corrected chi connectivity index (χ3v) is 6.19. The molecule has 2 aromatic heterocycles. The van der Waals surface area contributed by atoms with Gasteiger partial charge in [-0.15, -0.1) is 11.3 Å². The van der Waals surface area contributed by atoms with Gasteiger partial charge in [-0.3, -0.25) is 14.6 Å². The van der Waals surface area contributed by atoms with Crippen LogP contribution >= 0.6 is 11.3 Å². The number of hydrogen-bond donors (Lipinski definition) is 1. The highest BCUT2D eigenvalue weighted by molar-refractivity contribution is 7.12. The standard InChI is InChI=1S/C20H22N4O3S/c1-14-5-10-28-17(14)19(26)24-9-2-6-20(13-24)11-16(23-27-20)18(25)22-12-15-3-7-21-8-4-15/h3-5,7-8,10H,2,6,9,11-13H2,1H3,(H,22,25). The van der Waals surface area contributed by atoms with E-state index in [1.165, 1.54) is 11.3 Å². The molecule has 1 N–H and O–H groups in total. The minimum atomic E-state index is -0.595. The Balaban J connectivity index is 1.37. The molecule has 146 valence electrons. The zero-order valence-corrected chi connectivity index (χ0v) is 16.5. The van der Waals surface area contributed by atoms with Crippen molar-refractivity contribution in [1.82, 2.24) is 15.2 Å². The Kier molecular flexibility index (Phi) is 5.13. The van der Waals surface area contributed by atoms with Gasteiger partial charge in [-0.25, -0.2) is 0 Å². The van der Waals surface area contributed by atoms with Gasteiger partial charge >= 0.3 is 0 Å². The molecule has 0 aromatic carbocycles. The molecule has 1 spiro atoms. The maximum Gasteiger partial charge on any atom is 0.269 e. The zero-order chi connectivity index (χ0) is 19.6. The summed E-state index contributed by atoms with van der Waals surface area (Å²) in [5, 5.41) is 8.86. The van der Waals surface area contributed by atoms with E-state index in [4.69, 9.17) is 4.84 Å². The molecular formula is C20H22N4O3S. The molecule has 1 atom stereocenters. The number of thiophene rings is 1. The monoisotopic (exact) mass is 398 g/mol. The Morgan fingerprint density at radius 3 is 2.89 bits per heavy atom. The van der Waals surface area contributed by atoms with E-state index < -0.39 is 5.60 Å². The quantitative estimate of drug-likeness (QED) is 0.858. The summed E-state index contributed by atoms with van der Waals surface area (Å²) in [4.78, 5) is 37.6. The summed E-state index contributed by atoms with van der Waals surface area (Å²) >= 11 is 1.46. The number of oxime groups is 1. The number of amides is 2. The van der Waals surface area contributed by atoms with Crippen molar-refractivity contribution in [3.8, 4) is 0 Å². The molecule has 1 unspecified atom stereocenters. The highest BCUT2D eigenvalue weighted by atomic mass is 32.1. The minimum absolute atomic E-state index is 0.0331. The Hall–Kier alpha value is -2.74. The minimum Gasteiger partial charge on any atom is -0.386 e. The van der Waals surface area contributed by atoms with Gasteiger partial charge in [-0.1, -0.05) is 5.16 Å². The van der Waals surface area contributed by atoms with Crippen LogP contribution in [0.25, 0.3) is 0 Å². The lowest BCUT2D eigenvalue weighted by Gasteiger charge is -2.38. The van der Waals surface area contributed by atoms with E-state index >= 15 is 0 Å². The molecule has 2 aliphatic heterocycles. The normalized spacial score (nSPS) is 21.3. The third kappa shape index (κ3) is 3.77. The average molecular weight is 398 g/mol. The van der Waals surface area contributed by atoms with Crippen molar-refractivity contribution in [3.63, 3.8) is 0 Å². The number of piperidine rings is 1. The maximum absolute atomic E-state index is 12.9. The van der Waals surface area contributed by atoms with Gasteiger partial charge in [0.05, 0.1) is 11.4 Å². The molecular weight excluding hydrogens is 376 g/mol. The van der Waals surface area contributed by atoms with E-state index in [0.717, 1.165) is 28.8 Å². The fraction of sp³-hybridized carbons (Fsp3) is 0.400. The van der Waals surface area contributed by atoms with Crippen molar-refractivity contribution in [3.05, 3.63) is 52.0 Å². The molecule has 0 radical (unpaired) electrons. The summed E-state index contributed by atoms with van der Waals surface area (Å²) in [6.07, 6.45) is 5.41. The number of aromatic nitrogens is 1. The van der Waals surface area contributed by atoms with Crippen molar-refractivity contribution < 1.29 is 14.4 Å². The topological polar surface area (TPSA) is 83.9 Å². The third-order valence-electron chi connectivity index (χ3n) is 5.19. The molecule has 0 bridgehead atoms. The van der Waals surface area contributed by atoms with E-state index in [0.29, 0.717) is 31.8 Å². The van der Waals surface area contributed by atoms with Gasteiger partial charge in [0.2, 0.25) is 0 Å². The molecule has 7 nitrogen and oxygen atoms in total. The van der Waals surface area contributed by atoms with E-state index in [-0.39, 0.29) is 11.8 Å². The van der Waals surface area contributed by atoms with Crippen molar-refractivity contribution in [1.29, 1.82) is 0 Å². The lowest BCUT2D eigenvalue weighted by molar-refractivity contribution is -0.115. The Morgan fingerprint density at radius 2 is 2.14 bits per heavy atom. The fourth-order valence-corrected chi connectivity index (χ4v) is 4.55. The van der Waals surface area contributed by atoms with Gasteiger partial charge in [-0.05, 0) is 54.5 Å². The molecule has 1 saturated heterocycles. The average Bonchev–Trinajstić information content (AvgIpc) is 3.33. The first kappa shape index (κ1) is 18.6. The zero-order valence-electron chi connectivity index (χ0n) is 15.7. The van der Waals surface area contributed by atoms with Gasteiger partial charge in [-0.2, -0.15) is 0 Å². The molecule has 4 heterocycles. The van der Waals surface area contributed by atoms with Crippen molar-refractivity contribution in [2.45, 2.75) is 38.3 Å². The van der Waals surface area contributed by atoms with Gasteiger partial charge in [0.25, 0.3) is 11.8 Å². The molecule has 8 heteroatoms. The summed E-state index contributed by atoms with van der Waals surface area (Å²) in [5.74, 6) is -0.197. The summed E-state index contributed by atoms with van der Waals surface area (Å²) in [7, 11) is 0. The number of rotatable bonds is 4. The molecule has 0 saturated carbocycles. The summed E-state index contributed by atoms with van der Waals surface area (Å²) in [5.41, 5.74) is 1.76. The second-order valence-electron chi connectivity index (χ2n) is 7.29. The Bertz CT molecular complexity index is 911. The molecule has 2 aromatic rings. The number of carbonyl (C=O) groups is 2. The smallest absolute Gasteiger partial charge is 0.269 e. The lowest BCUT2D eigenvalue weighted by Crippen LogP contribution is -2.51. The highest BCUT2D eigenvalue weighted by Crippen LogP contribution is 2.34. The predicted molar refractivity (Wildman–Crippen MR) is 106 cm³/mol. The summed E-state index contributed by atoms with van der Waals surface area (Å²) in [6.45, 7) is 3.51.